The largest absolute Gasteiger partial charge is 0.354 e. The monoisotopic (exact) mass is 485 g/mol. The van der Waals surface area contributed by atoms with Crippen LogP contribution < -0.4 is 10.6 Å². The summed E-state index contributed by atoms with van der Waals surface area (Å²) in [5, 5.41) is 9.02. The average Bonchev–Trinajstić information content (AvgIpc) is 3.32. The minimum Gasteiger partial charge on any atom is -0.354 e. The third-order valence-electron chi connectivity index (χ3n) is 4.52. The van der Waals surface area contributed by atoms with Gasteiger partial charge in [0.05, 0.1) is 18.3 Å². The lowest BCUT2D eigenvalue weighted by atomic mass is 10.2. The number of hydrogen-bond acceptors (Lipinski definition) is 4. The van der Waals surface area contributed by atoms with Crippen LogP contribution in [0.2, 0.25) is 0 Å². The zero-order valence-corrected chi connectivity index (χ0v) is 18.6. The molecule has 0 spiro atoms. The first-order chi connectivity index (χ1) is 12.3. The molecular weight excluding hydrogens is 457 g/mol. The van der Waals surface area contributed by atoms with Gasteiger partial charge in [-0.1, -0.05) is 12.1 Å². The molecule has 1 atom stereocenters. The summed E-state index contributed by atoms with van der Waals surface area (Å²) in [7, 11) is 1.81. The van der Waals surface area contributed by atoms with Gasteiger partial charge in [0.25, 0.3) is 0 Å². The van der Waals surface area contributed by atoms with E-state index in [1.807, 2.05) is 43.5 Å². The first-order valence-corrected chi connectivity index (χ1v) is 9.79. The van der Waals surface area contributed by atoms with Crippen LogP contribution in [-0.2, 0) is 6.54 Å². The molecule has 0 amide bonds. The van der Waals surface area contributed by atoms with Crippen molar-refractivity contribution < 1.29 is 0 Å². The maximum atomic E-state index is 4.53. The highest BCUT2D eigenvalue weighted by molar-refractivity contribution is 14.0. The Kier molecular flexibility index (Phi) is 8.80. The molecule has 3 rings (SSSR count). The summed E-state index contributed by atoms with van der Waals surface area (Å²) in [6.45, 7) is 5.92. The van der Waals surface area contributed by atoms with E-state index in [1.165, 1.54) is 30.8 Å². The molecule has 1 aliphatic rings. The van der Waals surface area contributed by atoms with Gasteiger partial charge >= 0.3 is 0 Å². The molecule has 2 N–H and O–H groups in total. The van der Waals surface area contributed by atoms with Crippen LogP contribution in [0, 0.1) is 6.92 Å². The molecule has 2 aromatic rings. The molecule has 0 saturated carbocycles. The summed E-state index contributed by atoms with van der Waals surface area (Å²) in [6, 6.07) is 10.9. The lowest BCUT2D eigenvalue weighted by molar-refractivity contribution is 0.249. The number of aliphatic imine (C=N–C) groups is 1. The van der Waals surface area contributed by atoms with Gasteiger partial charge in [-0.15, -0.1) is 35.3 Å². The first kappa shape index (κ1) is 21.1. The van der Waals surface area contributed by atoms with Crippen LogP contribution in [0.1, 0.15) is 35.1 Å². The van der Waals surface area contributed by atoms with Crippen LogP contribution in [-0.4, -0.2) is 42.5 Å². The number of likely N-dealkylation sites (tertiary alicyclic amines) is 1. The van der Waals surface area contributed by atoms with E-state index in [9.17, 15) is 0 Å². The van der Waals surface area contributed by atoms with E-state index in [0.29, 0.717) is 12.6 Å². The van der Waals surface area contributed by atoms with Crippen molar-refractivity contribution >= 4 is 41.3 Å². The molecule has 2 aromatic heterocycles. The van der Waals surface area contributed by atoms with E-state index >= 15 is 0 Å². The lowest BCUT2D eigenvalue weighted by Gasteiger charge is -2.27. The van der Waals surface area contributed by atoms with Gasteiger partial charge in [-0.3, -0.25) is 14.9 Å². The predicted octanol–water partition coefficient (Wildman–Crippen LogP) is 3.57. The molecule has 5 nitrogen and oxygen atoms in total. The van der Waals surface area contributed by atoms with Crippen LogP contribution in [0.3, 0.4) is 0 Å². The molecule has 0 bridgehead atoms. The number of hydrogen-bond donors (Lipinski definition) is 2. The fraction of sp³-hybridized carbons (Fsp3) is 0.474. The molecule has 1 saturated heterocycles. The van der Waals surface area contributed by atoms with Gasteiger partial charge in [-0.2, -0.15) is 0 Å². The highest BCUT2D eigenvalue weighted by Gasteiger charge is 2.24. The molecule has 3 heterocycles. The van der Waals surface area contributed by atoms with Gasteiger partial charge in [0, 0.05) is 24.2 Å². The van der Waals surface area contributed by atoms with E-state index in [2.05, 4.69) is 43.0 Å². The summed E-state index contributed by atoms with van der Waals surface area (Å²) < 4.78 is 0. The Morgan fingerprint density at radius 1 is 1.23 bits per heavy atom. The number of rotatable bonds is 6. The first-order valence-electron chi connectivity index (χ1n) is 8.91. The normalized spacial score (nSPS) is 16.2. The highest BCUT2D eigenvalue weighted by atomic mass is 127. The molecule has 1 fully saturated rings. The fourth-order valence-electron chi connectivity index (χ4n) is 3.23. The number of halogens is 1. The number of aryl methyl sites for hydroxylation is 1. The van der Waals surface area contributed by atoms with Crippen LogP contribution in [0.4, 0.5) is 0 Å². The Bertz CT molecular complexity index is 683. The topological polar surface area (TPSA) is 52.6 Å². The molecule has 142 valence electrons. The Hall–Kier alpha value is -1.19. The molecule has 1 aliphatic heterocycles. The quantitative estimate of drug-likeness (QED) is 0.373. The summed E-state index contributed by atoms with van der Waals surface area (Å²) >= 11 is 1.84. The second-order valence-corrected chi connectivity index (χ2v) is 7.33. The second kappa shape index (κ2) is 10.8. The van der Waals surface area contributed by atoms with Crippen molar-refractivity contribution in [1.82, 2.24) is 20.5 Å². The van der Waals surface area contributed by atoms with Crippen LogP contribution in [0.5, 0.6) is 0 Å². The third kappa shape index (κ3) is 5.92. The van der Waals surface area contributed by atoms with E-state index in [-0.39, 0.29) is 24.0 Å². The van der Waals surface area contributed by atoms with Crippen LogP contribution in [0.25, 0.3) is 0 Å². The SMILES string of the molecule is CN=C(NCc1cccc(C)n1)NCC(c1cccs1)N1CCCC1.I. The Morgan fingerprint density at radius 3 is 2.69 bits per heavy atom. The van der Waals surface area contributed by atoms with Crippen molar-refractivity contribution in [2.75, 3.05) is 26.7 Å². The maximum Gasteiger partial charge on any atom is 0.191 e. The van der Waals surface area contributed by atoms with Gasteiger partial charge in [0.1, 0.15) is 0 Å². The van der Waals surface area contributed by atoms with E-state index < -0.39 is 0 Å². The lowest BCUT2D eigenvalue weighted by Crippen LogP contribution is -2.42. The molecule has 7 heteroatoms. The fourth-order valence-corrected chi connectivity index (χ4v) is 4.09. The summed E-state index contributed by atoms with van der Waals surface area (Å²) in [5.74, 6) is 0.823. The van der Waals surface area contributed by atoms with E-state index in [0.717, 1.165) is 23.9 Å². The van der Waals surface area contributed by atoms with E-state index in [4.69, 9.17) is 0 Å². The van der Waals surface area contributed by atoms with Crippen molar-refractivity contribution in [3.63, 3.8) is 0 Å². The van der Waals surface area contributed by atoms with Gasteiger partial charge in [0.2, 0.25) is 0 Å². The summed E-state index contributed by atoms with van der Waals surface area (Å²) in [4.78, 5) is 12.9. The molecule has 1 unspecified atom stereocenters. The zero-order valence-electron chi connectivity index (χ0n) is 15.4. The maximum absolute atomic E-state index is 4.53. The van der Waals surface area contributed by atoms with Crippen LogP contribution in [0.15, 0.2) is 40.7 Å². The number of nitrogens with one attached hydrogen (secondary N) is 2. The summed E-state index contributed by atoms with van der Waals surface area (Å²) in [5.41, 5.74) is 2.06. The second-order valence-electron chi connectivity index (χ2n) is 6.35. The van der Waals surface area contributed by atoms with Crippen LogP contribution >= 0.6 is 35.3 Å². The number of aromatic nitrogens is 1. The average molecular weight is 485 g/mol. The Balaban J connectivity index is 0.00000243. The zero-order chi connectivity index (χ0) is 17.5. The van der Waals surface area contributed by atoms with Gasteiger partial charge in [-0.25, -0.2) is 0 Å². The van der Waals surface area contributed by atoms with Crippen molar-refractivity contribution in [1.29, 1.82) is 0 Å². The molecule has 0 aromatic carbocycles. The van der Waals surface area contributed by atoms with Crippen molar-refractivity contribution in [3.05, 3.63) is 52.0 Å². The predicted molar refractivity (Wildman–Crippen MR) is 120 cm³/mol. The highest BCUT2D eigenvalue weighted by Crippen LogP contribution is 2.27. The minimum absolute atomic E-state index is 0. The molecule has 0 radical (unpaired) electrons. The van der Waals surface area contributed by atoms with Gasteiger partial charge < -0.3 is 10.6 Å². The standard InChI is InChI=1S/C19H27N5S.HI/c1-15-7-5-8-16(23-15)13-21-19(20-2)22-14-17(18-9-6-12-25-18)24-10-3-4-11-24;/h5-9,12,17H,3-4,10-11,13-14H2,1-2H3,(H2,20,21,22);1H. The van der Waals surface area contributed by atoms with Crippen molar-refractivity contribution in [2.24, 2.45) is 4.99 Å². The van der Waals surface area contributed by atoms with E-state index in [1.54, 1.807) is 0 Å². The van der Waals surface area contributed by atoms with Gasteiger partial charge in [-0.05, 0) is 56.4 Å². The minimum atomic E-state index is 0. The number of nitrogens with zero attached hydrogens (tertiary/aromatic N) is 3. The van der Waals surface area contributed by atoms with Crippen molar-refractivity contribution in [2.45, 2.75) is 32.4 Å². The van der Waals surface area contributed by atoms with Crippen molar-refractivity contribution in [3.8, 4) is 0 Å². The third-order valence-corrected chi connectivity index (χ3v) is 5.50. The number of guanidine groups is 1. The molecule has 0 aliphatic carbocycles. The number of pyridine rings is 1. The van der Waals surface area contributed by atoms with Gasteiger partial charge in [0.15, 0.2) is 5.96 Å². The Labute approximate surface area is 177 Å². The molecular formula is C19H28IN5S. The summed E-state index contributed by atoms with van der Waals surface area (Å²) in [6.07, 6.45) is 2.60. The Morgan fingerprint density at radius 2 is 2.04 bits per heavy atom. The smallest absolute Gasteiger partial charge is 0.191 e. The molecule has 26 heavy (non-hydrogen) atoms. The number of thiophene rings is 1.